The Bertz CT molecular complexity index is 1790. The second-order valence-corrected chi connectivity index (χ2v) is 10.8. The molecule has 0 aliphatic heterocycles. The largest absolute Gasteiger partial charge is 0.356 e. The Balaban J connectivity index is 1.18. The highest BCUT2D eigenvalue weighted by molar-refractivity contribution is 5.88. The summed E-state index contributed by atoms with van der Waals surface area (Å²) in [4.78, 5) is 0. The number of anilines is 2. The van der Waals surface area contributed by atoms with Crippen molar-refractivity contribution in [2.24, 2.45) is 0 Å². The standard InChI is InChI=1S/C37H27N/c1-2-8-25(9-3-1)26-14-16-31(17-15-26)38-32-18-19-34-33-12-6-7-13-35(33)37(36(34)22-32)23-29-20-27-10-4-5-11-28(27)21-30(29)24-37/h1-22,38H,23-24H2. The zero-order chi connectivity index (χ0) is 25.1. The highest BCUT2D eigenvalue weighted by Gasteiger charge is 2.47. The van der Waals surface area contributed by atoms with E-state index in [-0.39, 0.29) is 5.41 Å². The van der Waals surface area contributed by atoms with Crippen LogP contribution in [-0.4, -0.2) is 0 Å². The van der Waals surface area contributed by atoms with E-state index in [1.54, 1.807) is 0 Å². The Morgan fingerprint density at radius 2 is 1.03 bits per heavy atom. The summed E-state index contributed by atoms with van der Waals surface area (Å²) in [7, 11) is 0. The molecule has 6 aromatic rings. The van der Waals surface area contributed by atoms with Gasteiger partial charge in [0, 0.05) is 16.8 Å². The van der Waals surface area contributed by atoms with Gasteiger partial charge in [-0.05, 0) is 92.4 Å². The molecule has 1 heteroatoms. The van der Waals surface area contributed by atoms with Gasteiger partial charge in [0.15, 0.2) is 0 Å². The van der Waals surface area contributed by atoms with Crippen LogP contribution in [0.15, 0.2) is 133 Å². The fourth-order valence-electron chi connectivity index (χ4n) is 6.83. The molecule has 2 aliphatic rings. The van der Waals surface area contributed by atoms with Gasteiger partial charge in [0.1, 0.15) is 0 Å². The summed E-state index contributed by atoms with van der Waals surface area (Å²) in [5.41, 5.74) is 13.4. The van der Waals surface area contributed by atoms with Gasteiger partial charge in [-0.15, -0.1) is 0 Å². The highest BCUT2D eigenvalue weighted by atomic mass is 14.9. The van der Waals surface area contributed by atoms with Crippen LogP contribution in [0, 0.1) is 0 Å². The van der Waals surface area contributed by atoms with E-state index in [9.17, 15) is 0 Å². The smallest absolute Gasteiger partial charge is 0.0387 e. The van der Waals surface area contributed by atoms with Crippen molar-refractivity contribution in [2.45, 2.75) is 18.3 Å². The minimum Gasteiger partial charge on any atom is -0.356 e. The Hall–Kier alpha value is -4.62. The Kier molecular flexibility index (Phi) is 4.63. The third kappa shape index (κ3) is 3.25. The zero-order valence-corrected chi connectivity index (χ0v) is 21.1. The third-order valence-corrected chi connectivity index (χ3v) is 8.60. The number of hydrogen-bond donors (Lipinski definition) is 1. The van der Waals surface area contributed by atoms with Crippen molar-refractivity contribution >= 4 is 22.1 Å². The molecule has 0 saturated heterocycles. The van der Waals surface area contributed by atoms with E-state index in [0.29, 0.717) is 0 Å². The van der Waals surface area contributed by atoms with Gasteiger partial charge >= 0.3 is 0 Å². The Labute approximate surface area is 223 Å². The van der Waals surface area contributed by atoms with Crippen LogP contribution in [-0.2, 0) is 18.3 Å². The molecule has 180 valence electrons. The molecule has 0 unspecified atom stereocenters. The molecule has 0 fully saturated rings. The van der Waals surface area contributed by atoms with Crippen LogP contribution in [0.1, 0.15) is 22.3 Å². The van der Waals surface area contributed by atoms with Crippen LogP contribution >= 0.6 is 0 Å². The lowest BCUT2D eigenvalue weighted by Gasteiger charge is -2.27. The van der Waals surface area contributed by atoms with Crippen molar-refractivity contribution in [3.8, 4) is 22.3 Å². The first-order valence-electron chi connectivity index (χ1n) is 13.4. The van der Waals surface area contributed by atoms with Crippen LogP contribution < -0.4 is 5.32 Å². The van der Waals surface area contributed by atoms with E-state index < -0.39 is 0 Å². The first kappa shape index (κ1) is 21.5. The fourth-order valence-corrected chi connectivity index (χ4v) is 6.83. The molecule has 2 aliphatic carbocycles. The molecule has 1 N–H and O–H groups in total. The average molecular weight is 486 g/mol. The topological polar surface area (TPSA) is 12.0 Å². The van der Waals surface area contributed by atoms with Gasteiger partial charge in [-0.25, -0.2) is 0 Å². The van der Waals surface area contributed by atoms with Crippen molar-refractivity contribution in [1.29, 1.82) is 0 Å². The second kappa shape index (κ2) is 8.19. The summed E-state index contributed by atoms with van der Waals surface area (Å²) in [6.45, 7) is 0. The quantitative estimate of drug-likeness (QED) is 0.263. The number of hydrogen-bond acceptors (Lipinski definition) is 1. The van der Waals surface area contributed by atoms with Gasteiger partial charge in [-0.3, -0.25) is 0 Å². The number of rotatable bonds is 3. The summed E-state index contributed by atoms with van der Waals surface area (Å²) in [5, 5.41) is 6.37. The Morgan fingerprint density at radius 3 is 1.76 bits per heavy atom. The van der Waals surface area contributed by atoms with E-state index >= 15 is 0 Å². The molecule has 0 heterocycles. The maximum atomic E-state index is 3.69. The number of nitrogens with one attached hydrogen (secondary N) is 1. The van der Waals surface area contributed by atoms with Crippen LogP contribution in [0.25, 0.3) is 33.0 Å². The van der Waals surface area contributed by atoms with Gasteiger partial charge in [-0.2, -0.15) is 0 Å². The van der Waals surface area contributed by atoms with Crippen LogP contribution in [0.4, 0.5) is 11.4 Å². The van der Waals surface area contributed by atoms with Crippen molar-refractivity contribution in [2.75, 3.05) is 5.32 Å². The predicted molar refractivity (Wildman–Crippen MR) is 159 cm³/mol. The number of benzene rings is 6. The maximum absolute atomic E-state index is 3.69. The van der Waals surface area contributed by atoms with Crippen LogP contribution in [0.3, 0.4) is 0 Å². The van der Waals surface area contributed by atoms with Gasteiger partial charge in [0.25, 0.3) is 0 Å². The first-order valence-corrected chi connectivity index (χ1v) is 13.4. The highest BCUT2D eigenvalue weighted by Crippen LogP contribution is 2.56. The lowest BCUT2D eigenvalue weighted by atomic mass is 9.75. The summed E-state index contributed by atoms with van der Waals surface area (Å²) < 4.78 is 0. The van der Waals surface area contributed by atoms with Gasteiger partial charge in [-0.1, -0.05) is 109 Å². The third-order valence-electron chi connectivity index (χ3n) is 8.60. The Morgan fingerprint density at radius 1 is 0.447 bits per heavy atom. The van der Waals surface area contributed by atoms with Crippen LogP contribution in [0.5, 0.6) is 0 Å². The molecule has 0 bridgehead atoms. The lowest BCUT2D eigenvalue weighted by Crippen LogP contribution is -2.25. The van der Waals surface area contributed by atoms with E-state index in [1.165, 1.54) is 55.3 Å². The summed E-state index contributed by atoms with van der Waals surface area (Å²) in [6.07, 6.45) is 2.10. The summed E-state index contributed by atoms with van der Waals surface area (Å²) in [6, 6.07) is 48.9. The molecule has 0 aromatic heterocycles. The molecule has 1 nitrogen and oxygen atoms in total. The molecule has 8 rings (SSSR count). The first-order chi connectivity index (χ1) is 18.8. The zero-order valence-electron chi connectivity index (χ0n) is 21.1. The van der Waals surface area contributed by atoms with E-state index in [1.807, 2.05) is 0 Å². The normalized spacial score (nSPS) is 14.3. The molecule has 0 radical (unpaired) electrons. The molecule has 0 amide bonds. The molecule has 1 spiro atoms. The van der Waals surface area contributed by atoms with E-state index in [4.69, 9.17) is 0 Å². The van der Waals surface area contributed by atoms with Crippen LogP contribution in [0.2, 0.25) is 0 Å². The lowest BCUT2D eigenvalue weighted by molar-refractivity contribution is 0.564. The molecule has 6 aromatic carbocycles. The van der Waals surface area contributed by atoms with E-state index in [0.717, 1.165) is 24.2 Å². The maximum Gasteiger partial charge on any atom is 0.0387 e. The van der Waals surface area contributed by atoms with Gasteiger partial charge in [0.05, 0.1) is 0 Å². The van der Waals surface area contributed by atoms with Crippen molar-refractivity contribution < 1.29 is 0 Å². The number of fused-ring (bicyclic) bond motifs is 7. The molecule has 0 atom stereocenters. The van der Waals surface area contributed by atoms with Crippen molar-refractivity contribution in [3.05, 3.63) is 156 Å². The SMILES string of the molecule is c1ccc(-c2ccc(Nc3ccc4c(c3)C3(Cc5cc6ccccc6cc5C3)c3ccccc3-4)cc2)cc1. The summed E-state index contributed by atoms with van der Waals surface area (Å²) >= 11 is 0. The van der Waals surface area contributed by atoms with E-state index in [2.05, 4.69) is 139 Å². The molecular weight excluding hydrogens is 458 g/mol. The van der Waals surface area contributed by atoms with Gasteiger partial charge in [0.2, 0.25) is 0 Å². The molecule has 38 heavy (non-hydrogen) atoms. The second-order valence-electron chi connectivity index (χ2n) is 10.8. The summed E-state index contributed by atoms with van der Waals surface area (Å²) in [5.74, 6) is 0. The fraction of sp³-hybridized carbons (Fsp3) is 0.0811. The van der Waals surface area contributed by atoms with Crippen molar-refractivity contribution in [3.63, 3.8) is 0 Å². The molecular formula is C37H27N. The average Bonchev–Trinajstić information content (AvgIpc) is 3.47. The van der Waals surface area contributed by atoms with Crippen molar-refractivity contribution in [1.82, 2.24) is 0 Å². The molecule has 0 saturated carbocycles. The minimum atomic E-state index is -0.0134. The predicted octanol–water partition coefficient (Wildman–Crippen LogP) is 9.32. The monoisotopic (exact) mass is 485 g/mol. The van der Waals surface area contributed by atoms with Gasteiger partial charge < -0.3 is 5.32 Å². The minimum absolute atomic E-state index is 0.0134.